The van der Waals surface area contributed by atoms with Crippen molar-refractivity contribution < 1.29 is 9.90 Å². The van der Waals surface area contributed by atoms with Crippen molar-refractivity contribution >= 4 is 23.5 Å². The first-order chi connectivity index (χ1) is 8.25. The fourth-order valence-corrected chi connectivity index (χ4v) is 2.90. The van der Waals surface area contributed by atoms with Crippen LogP contribution in [0.5, 0.6) is 0 Å². The molecule has 2 N–H and O–H groups in total. The van der Waals surface area contributed by atoms with Crippen LogP contribution < -0.4 is 5.32 Å². The Bertz CT molecular complexity index is 377. The van der Waals surface area contributed by atoms with Gasteiger partial charge in [-0.1, -0.05) is 0 Å². The van der Waals surface area contributed by atoms with Crippen LogP contribution in [0.25, 0.3) is 0 Å². The SMILES string of the molecule is O=C(O)c1cnc(NCC2CCCSC2)cn1. The van der Waals surface area contributed by atoms with E-state index in [4.69, 9.17) is 5.11 Å². The van der Waals surface area contributed by atoms with Gasteiger partial charge in [0, 0.05) is 6.54 Å². The Morgan fingerprint density at radius 3 is 3.00 bits per heavy atom. The number of hydrogen-bond acceptors (Lipinski definition) is 5. The summed E-state index contributed by atoms with van der Waals surface area (Å²) in [6.07, 6.45) is 5.28. The number of aromatic carboxylic acids is 1. The minimum atomic E-state index is -1.05. The highest BCUT2D eigenvalue weighted by molar-refractivity contribution is 7.99. The van der Waals surface area contributed by atoms with E-state index in [1.165, 1.54) is 36.7 Å². The van der Waals surface area contributed by atoms with Gasteiger partial charge in [-0.15, -0.1) is 0 Å². The molecule has 6 heteroatoms. The summed E-state index contributed by atoms with van der Waals surface area (Å²) in [6.45, 7) is 0.883. The predicted octanol–water partition coefficient (Wildman–Crippen LogP) is 1.73. The molecule has 0 aromatic carbocycles. The summed E-state index contributed by atoms with van der Waals surface area (Å²) in [5.74, 6) is 2.73. The Balaban J connectivity index is 1.84. The number of carboxylic acid groups (broad SMARTS) is 1. The summed E-state index contributed by atoms with van der Waals surface area (Å²) in [4.78, 5) is 18.4. The van der Waals surface area contributed by atoms with Gasteiger partial charge in [0.25, 0.3) is 0 Å². The molecule has 0 amide bonds. The van der Waals surface area contributed by atoms with E-state index >= 15 is 0 Å². The molecule has 1 aliphatic rings. The number of nitrogens with zero attached hydrogens (tertiary/aromatic N) is 2. The zero-order valence-electron chi connectivity index (χ0n) is 9.43. The van der Waals surface area contributed by atoms with E-state index in [1.807, 2.05) is 11.8 Å². The van der Waals surface area contributed by atoms with Crippen LogP contribution in [-0.4, -0.2) is 39.1 Å². The quantitative estimate of drug-likeness (QED) is 0.851. The molecule has 1 saturated heterocycles. The summed E-state index contributed by atoms with van der Waals surface area (Å²) in [5, 5.41) is 11.9. The second kappa shape index (κ2) is 5.86. The largest absolute Gasteiger partial charge is 0.476 e. The van der Waals surface area contributed by atoms with Crippen LogP contribution in [0, 0.1) is 5.92 Å². The molecule has 0 spiro atoms. The van der Waals surface area contributed by atoms with Crippen molar-refractivity contribution in [3.8, 4) is 0 Å². The van der Waals surface area contributed by atoms with E-state index in [9.17, 15) is 4.79 Å². The molecule has 17 heavy (non-hydrogen) atoms. The summed E-state index contributed by atoms with van der Waals surface area (Å²) in [6, 6.07) is 0. The Labute approximate surface area is 104 Å². The highest BCUT2D eigenvalue weighted by Crippen LogP contribution is 2.22. The molecule has 1 atom stereocenters. The van der Waals surface area contributed by atoms with Gasteiger partial charge in [0.2, 0.25) is 0 Å². The van der Waals surface area contributed by atoms with Gasteiger partial charge in [-0.05, 0) is 30.3 Å². The number of thioether (sulfide) groups is 1. The van der Waals surface area contributed by atoms with Crippen molar-refractivity contribution in [1.82, 2.24) is 9.97 Å². The third-order valence-electron chi connectivity index (χ3n) is 2.70. The van der Waals surface area contributed by atoms with Crippen molar-refractivity contribution in [2.45, 2.75) is 12.8 Å². The van der Waals surface area contributed by atoms with Crippen molar-refractivity contribution in [1.29, 1.82) is 0 Å². The predicted molar refractivity (Wildman–Crippen MR) is 67.5 cm³/mol. The maximum Gasteiger partial charge on any atom is 0.356 e. The van der Waals surface area contributed by atoms with Crippen molar-refractivity contribution in [3.63, 3.8) is 0 Å². The van der Waals surface area contributed by atoms with Gasteiger partial charge in [-0.3, -0.25) is 0 Å². The molecule has 0 bridgehead atoms. The van der Waals surface area contributed by atoms with E-state index in [2.05, 4.69) is 15.3 Å². The lowest BCUT2D eigenvalue weighted by Crippen LogP contribution is -2.20. The molecule has 0 aliphatic carbocycles. The van der Waals surface area contributed by atoms with Crippen LogP contribution in [0.2, 0.25) is 0 Å². The normalized spacial score (nSPS) is 19.9. The summed E-state index contributed by atoms with van der Waals surface area (Å²) < 4.78 is 0. The Hall–Kier alpha value is -1.30. The van der Waals surface area contributed by atoms with Crippen LogP contribution in [0.1, 0.15) is 23.3 Å². The van der Waals surface area contributed by atoms with E-state index in [0.29, 0.717) is 11.7 Å². The van der Waals surface area contributed by atoms with Gasteiger partial charge >= 0.3 is 5.97 Å². The molecule has 2 heterocycles. The molecule has 2 rings (SSSR count). The fraction of sp³-hybridized carbons (Fsp3) is 0.545. The van der Waals surface area contributed by atoms with Crippen LogP contribution in [0.4, 0.5) is 5.82 Å². The molecule has 1 fully saturated rings. The Morgan fingerprint density at radius 1 is 1.53 bits per heavy atom. The number of carbonyl (C=O) groups is 1. The molecule has 0 saturated carbocycles. The maximum atomic E-state index is 10.6. The van der Waals surface area contributed by atoms with Crippen LogP contribution in [0.3, 0.4) is 0 Å². The highest BCUT2D eigenvalue weighted by Gasteiger charge is 2.13. The molecule has 1 aromatic rings. The lowest BCUT2D eigenvalue weighted by molar-refractivity contribution is 0.0690. The molecule has 1 aromatic heterocycles. The van der Waals surface area contributed by atoms with Crippen molar-refractivity contribution in [2.24, 2.45) is 5.92 Å². The van der Waals surface area contributed by atoms with Gasteiger partial charge in [0.05, 0.1) is 12.4 Å². The number of carboxylic acids is 1. The maximum absolute atomic E-state index is 10.6. The minimum absolute atomic E-state index is 0.0243. The number of nitrogens with one attached hydrogen (secondary N) is 1. The molecule has 1 aliphatic heterocycles. The zero-order chi connectivity index (χ0) is 12.1. The smallest absolute Gasteiger partial charge is 0.356 e. The second-order valence-corrected chi connectivity index (χ2v) is 5.21. The van der Waals surface area contributed by atoms with Crippen LogP contribution in [0.15, 0.2) is 12.4 Å². The van der Waals surface area contributed by atoms with E-state index < -0.39 is 5.97 Å². The number of aromatic nitrogens is 2. The minimum Gasteiger partial charge on any atom is -0.476 e. The highest BCUT2D eigenvalue weighted by atomic mass is 32.2. The average Bonchev–Trinajstić information content (AvgIpc) is 2.38. The first-order valence-corrected chi connectivity index (χ1v) is 6.78. The Morgan fingerprint density at radius 2 is 2.41 bits per heavy atom. The third-order valence-corrected chi connectivity index (χ3v) is 3.98. The average molecular weight is 253 g/mol. The van der Waals surface area contributed by atoms with Crippen LogP contribution in [-0.2, 0) is 0 Å². The summed E-state index contributed by atoms with van der Waals surface area (Å²) >= 11 is 1.99. The van der Waals surface area contributed by atoms with Crippen molar-refractivity contribution in [2.75, 3.05) is 23.4 Å². The number of hydrogen-bond donors (Lipinski definition) is 2. The number of anilines is 1. The lowest BCUT2D eigenvalue weighted by atomic mass is 10.1. The molecule has 92 valence electrons. The first kappa shape index (κ1) is 12.2. The summed E-state index contributed by atoms with van der Waals surface area (Å²) in [5.41, 5.74) is -0.0243. The van der Waals surface area contributed by atoms with Gasteiger partial charge in [-0.25, -0.2) is 14.8 Å². The molecule has 5 nitrogen and oxygen atoms in total. The molecular formula is C11H15N3O2S. The van der Waals surface area contributed by atoms with Gasteiger partial charge < -0.3 is 10.4 Å². The number of rotatable bonds is 4. The third kappa shape index (κ3) is 3.59. The van der Waals surface area contributed by atoms with Gasteiger partial charge in [0.15, 0.2) is 5.69 Å². The molecular weight excluding hydrogens is 238 g/mol. The topological polar surface area (TPSA) is 75.1 Å². The first-order valence-electron chi connectivity index (χ1n) is 5.62. The lowest BCUT2D eigenvalue weighted by Gasteiger charge is -2.21. The van der Waals surface area contributed by atoms with Gasteiger partial charge in [0.1, 0.15) is 5.82 Å². The van der Waals surface area contributed by atoms with E-state index in [0.717, 1.165) is 6.54 Å². The fourth-order valence-electron chi connectivity index (χ4n) is 1.75. The second-order valence-electron chi connectivity index (χ2n) is 4.06. The van der Waals surface area contributed by atoms with Gasteiger partial charge in [-0.2, -0.15) is 11.8 Å². The van der Waals surface area contributed by atoms with Crippen molar-refractivity contribution in [3.05, 3.63) is 18.1 Å². The van der Waals surface area contributed by atoms with Crippen LogP contribution >= 0.6 is 11.8 Å². The summed E-state index contributed by atoms with van der Waals surface area (Å²) in [7, 11) is 0. The van der Waals surface area contributed by atoms with E-state index in [1.54, 1.807) is 0 Å². The van der Waals surface area contributed by atoms with E-state index in [-0.39, 0.29) is 5.69 Å². The standard InChI is InChI=1S/C11H15N3O2S/c15-11(16)9-5-14-10(6-12-9)13-4-8-2-1-3-17-7-8/h5-6,8H,1-4,7H2,(H,13,14)(H,15,16). The monoisotopic (exact) mass is 253 g/mol. The molecule has 0 radical (unpaired) electrons. The molecule has 1 unspecified atom stereocenters. The Kier molecular flexibility index (Phi) is 4.19. The zero-order valence-corrected chi connectivity index (χ0v) is 10.2.